The van der Waals surface area contributed by atoms with E-state index in [1.165, 1.54) is 32.0 Å². The fourth-order valence-corrected chi connectivity index (χ4v) is 3.95. The van der Waals surface area contributed by atoms with Crippen LogP contribution in [0.3, 0.4) is 0 Å². The van der Waals surface area contributed by atoms with Crippen molar-refractivity contribution in [1.82, 2.24) is 0 Å². The monoisotopic (exact) mass is 180 g/mol. The fourth-order valence-electron chi connectivity index (χ4n) is 3.95. The summed E-state index contributed by atoms with van der Waals surface area (Å²) in [6, 6.07) is 0. The van der Waals surface area contributed by atoms with E-state index in [0.717, 1.165) is 13.0 Å². The van der Waals surface area contributed by atoms with Crippen molar-refractivity contribution in [3.8, 4) is 0 Å². The van der Waals surface area contributed by atoms with Crippen LogP contribution in [0.4, 0.5) is 0 Å². The predicted octanol–water partition coefficient (Wildman–Crippen LogP) is 1.78. The summed E-state index contributed by atoms with van der Waals surface area (Å²) in [7, 11) is 0. The molecule has 1 spiro atoms. The van der Waals surface area contributed by atoms with Crippen molar-refractivity contribution in [3.05, 3.63) is 0 Å². The average molecular weight is 180 g/mol. The highest BCUT2D eigenvalue weighted by Gasteiger charge is 2.64. The Labute approximate surface area is 78.6 Å². The molecule has 1 aliphatic heterocycles. The van der Waals surface area contributed by atoms with Crippen LogP contribution in [0.1, 0.15) is 32.1 Å². The summed E-state index contributed by atoms with van der Waals surface area (Å²) in [5.74, 6) is 0.915. The lowest BCUT2D eigenvalue weighted by Crippen LogP contribution is -2.58. The minimum atomic E-state index is 0.295. The van der Waals surface area contributed by atoms with Crippen LogP contribution in [-0.4, -0.2) is 19.0 Å². The number of hydrogen-bond acceptors (Lipinski definition) is 2. The van der Waals surface area contributed by atoms with Gasteiger partial charge < -0.3 is 9.53 Å². The van der Waals surface area contributed by atoms with E-state index in [1.54, 1.807) is 0 Å². The summed E-state index contributed by atoms with van der Waals surface area (Å²) in [6.07, 6.45) is 7.85. The second kappa shape index (κ2) is 2.57. The van der Waals surface area contributed by atoms with Crippen molar-refractivity contribution < 1.29 is 9.53 Å². The maximum absolute atomic E-state index is 11.0. The summed E-state index contributed by atoms with van der Waals surface area (Å²) in [4.78, 5) is 11.0. The number of aldehydes is 1. The van der Waals surface area contributed by atoms with Crippen LogP contribution in [0.5, 0.6) is 0 Å². The summed E-state index contributed by atoms with van der Waals surface area (Å²) in [5.41, 5.74) is 0.295. The highest BCUT2D eigenvalue weighted by atomic mass is 16.5. The van der Waals surface area contributed by atoms with Crippen molar-refractivity contribution >= 4 is 6.29 Å². The third kappa shape index (κ3) is 0.804. The van der Waals surface area contributed by atoms with Crippen molar-refractivity contribution in [2.75, 3.05) is 6.61 Å². The molecule has 3 atom stereocenters. The molecule has 1 saturated heterocycles. The van der Waals surface area contributed by atoms with Gasteiger partial charge in [-0.1, -0.05) is 12.8 Å². The Kier molecular flexibility index (Phi) is 1.58. The molecule has 13 heavy (non-hydrogen) atoms. The molecule has 3 unspecified atom stereocenters. The molecular formula is C11H16O2. The van der Waals surface area contributed by atoms with Crippen LogP contribution in [0.15, 0.2) is 0 Å². The molecule has 3 rings (SSSR count). The van der Waals surface area contributed by atoms with Crippen molar-refractivity contribution in [3.63, 3.8) is 0 Å². The highest BCUT2D eigenvalue weighted by molar-refractivity contribution is 5.59. The van der Waals surface area contributed by atoms with E-state index in [9.17, 15) is 4.79 Å². The van der Waals surface area contributed by atoms with Gasteiger partial charge in [0, 0.05) is 17.9 Å². The van der Waals surface area contributed by atoms with Crippen molar-refractivity contribution in [2.24, 2.45) is 17.3 Å². The van der Waals surface area contributed by atoms with Crippen LogP contribution >= 0.6 is 0 Å². The summed E-state index contributed by atoms with van der Waals surface area (Å²) in [5, 5.41) is 0. The van der Waals surface area contributed by atoms with Gasteiger partial charge in [-0.2, -0.15) is 0 Å². The first kappa shape index (κ1) is 7.98. The summed E-state index contributed by atoms with van der Waals surface area (Å²) in [6.45, 7) is 0.890. The first-order chi connectivity index (χ1) is 6.38. The maximum atomic E-state index is 11.0. The van der Waals surface area contributed by atoms with Gasteiger partial charge in [-0.3, -0.25) is 0 Å². The number of carbonyl (C=O) groups is 1. The van der Waals surface area contributed by atoms with Crippen LogP contribution < -0.4 is 0 Å². The van der Waals surface area contributed by atoms with Gasteiger partial charge >= 0.3 is 0 Å². The lowest BCUT2D eigenvalue weighted by molar-refractivity contribution is -0.163. The topological polar surface area (TPSA) is 26.3 Å². The Bertz CT molecular complexity index is 230. The smallest absolute Gasteiger partial charge is 0.124 e. The third-order valence-corrected chi connectivity index (χ3v) is 4.51. The Morgan fingerprint density at radius 1 is 1.31 bits per heavy atom. The van der Waals surface area contributed by atoms with Gasteiger partial charge in [-0.15, -0.1) is 0 Å². The van der Waals surface area contributed by atoms with Gasteiger partial charge in [-0.05, 0) is 25.2 Å². The Balaban J connectivity index is 1.89. The lowest BCUT2D eigenvalue weighted by Gasteiger charge is -2.54. The lowest BCUT2D eigenvalue weighted by atomic mass is 9.51. The zero-order chi connectivity index (χ0) is 8.89. The van der Waals surface area contributed by atoms with Gasteiger partial charge in [0.15, 0.2) is 0 Å². The molecule has 0 bridgehead atoms. The molecule has 0 aromatic carbocycles. The fraction of sp³-hybridized carbons (Fsp3) is 0.909. The van der Waals surface area contributed by atoms with Gasteiger partial charge in [0.05, 0.1) is 6.10 Å². The van der Waals surface area contributed by atoms with E-state index in [2.05, 4.69) is 0 Å². The molecule has 2 nitrogen and oxygen atoms in total. The number of hydrogen-bond donors (Lipinski definition) is 0. The molecule has 0 aromatic rings. The average Bonchev–Trinajstić information content (AvgIpc) is 2.69. The van der Waals surface area contributed by atoms with Crippen LogP contribution in [-0.2, 0) is 9.53 Å². The zero-order valence-electron chi connectivity index (χ0n) is 7.87. The highest BCUT2D eigenvalue weighted by Crippen LogP contribution is 2.63. The van der Waals surface area contributed by atoms with E-state index in [1.807, 2.05) is 0 Å². The number of ether oxygens (including phenoxy) is 1. The predicted molar refractivity (Wildman–Crippen MR) is 48.3 cm³/mol. The SMILES string of the molecule is O=CC1C2CCOC2C12CCCC2. The molecule has 0 aromatic heterocycles. The van der Waals surface area contributed by atoms with Gasteiger partial charge in [-0.25, -0.2) is 0 Å². The van der Waals surface area contributed by atoms with Crippen molar-refractivity contribution in [1.29, 1.82) is 0 Å². The summed E-state index contributed by atoms with van der Waals surface area (Å²) < 4.78 is 5.76. The molecule has 1 heterocycles. The minimum Gasteiger partial charge on any atom is -0.377 e. The zero-order valence-corrected chi connectivity index (χ0v) is 7.87. The molecular weight excluding hydrogens is 164 g/mol. The van der Waals surface area contributed by atoms with Gasteiger partial charge in [0.1, 0.15) is 6.29 Å². The first-order valence-electron chi connectivity index (χ1n) is 5.45. The van der Waals surface area contributed by atoms with E-state index in [4.69, 9.17) is 4.74 Å². The molecule has 0 amide bonds. The Hall–Kier alpha value is -0.370. The number of fused-ring (bicyclic) bond motifs is 2. The third-order valence-electron chi connectivity index (χ3n) is 4.51. The Morgan fingerprint density at radius 2 is 2.08 bits per heavy atom. The van der Waals surface area contributed by atoms with E-state index in [-0.39, 0.29) is 0 Å². The maximum Gasteiger partial charge on any atom is 0.124 e. The van der Waals surface area contributed by atoms with Crippen LogP contribution in [0, 0.1) is 17.3 Å². The van der Waals surface area contributed by atoms with E-state index >= 15 is 0 Å². The van der Waals surface area contributed by atoms with Gasteiger partial charge in [0.25, 0.3) is 0 Å². The molecule has 2 aliphatic carbocycles. The standard InChI is InChI=1S/C11H16O2/c12-7-9-8-3-6-13-10(8)11(9)4-1-2-5-11/h7-10H,1-6H2. The first-order valence-corrected chi connectivity index (χ1v) is 5.45. The van der Waals surface area contributed by atoms with E-state index in [0.29, 0.717) is 23.4 Å². The second-order valence-corrected chi connectivity index (χ2v) is 4.85. The molecule has 0 N–H and O–H groups in total. The molecule has 0 radical (unpaired) electrons. The minimum absolute atomic E-state index is 0.295. The quantitative estimate of drug-likeness (QED) is 0.575. The van der Waals surface area contributed by atoms with Crippen molar-refractivity contribution in [2.45, 2.75) is 38.2 Å². The Morgan fingerprint density at radius 3 is 2.77 bits per heavy atom. The second-order valence-electron chi connectivity index (χ2n) is 4.85. The largest absolute Gasteiger partial charge is 0.377 e. The number of rotatable bonds is 1. The van der Waals surface area contributed by atoms with Crippen LogP contribution in [0.25, 0.3) is 0 Å². The molecule has 3 fully saturated rings. The molecule has 2 saturated carbocycles. The molecule has 72 valence electrons. The van der Waals surface area contributed by atoms with E-state index < -0.39 is 0 Å². The molecule has 3 aliphatic rings. The van der Waals surface area contributed by atoms with Crippen LogP contribution in [0.2, 0.25) is 0 Å². The number of carbonyl (C=O) groups excluding carboxylic acids is 1. The molecule has 2 heteroatoms. The summed E-state index contributed by atoms with van der Waals surface area (Å²) >= 11 is 0. The normalized spacial score (nSPS) is 46.0. The van der Waals surface area contributed by atoms with Gasteiger partial charge in [0.2, 0.25) is 0 Å².